The molecule has 1 aliphatic rings. The molecule has 1 aliphatic heterocycles. The van der Waals surface area contributed by atoms with Crippen LogP contribution in [0.2, 0.25) is 19.6 Å². The quantitative estimate of drug-likeness (QED) is 0.421. The van der Waals surface area contributed by atoms with Gasteiger partial charge in [-0.3, -0.25) is 0 Å². The van der Waals surface area contributed by atoms with Crippen molar-refractivity contribution >= 4 is 15.2 Å². The van der Waals surface area contributed by atoms with Crippen molar-refractivity contribution < 1.29 is 0 Å². The molecular weight excluding hydrogens is 155 g/mol. The summed E-state index contributed by atoms with van der Waals surface area (Å²) < 4.78 is 0. The molecule has 0 amide bonds. The van der Waals surface area contributed by atoms with Gasteiger partial charge in [0.1, 0.15) is 0 Å². The van der Waals surface area contributed by atoms with Crippen molar-refractivity contribution in [2.45, 2.75) is 45.1 Å². The van der Waals surface area contributed by atoms with Crippen LogP contribution in [-0.2, 0) is 0 Å². The first-order valence-electron chi connectivity index (χ1n) is 4.28. The molecule has 1 saturated heterocycles. The second-order valence-electron chi connectivity index (χ2n) is 4.36. The van der Waals surface area contributed by atoms with Crippen LogP contribution >= 0.6 is 7.47 Å². The predicted octanol–water partition coefficient (Wildman–Crippen LogP) is 3.49. The zero-order chi connectivity index (χ0) is 7.78. The number of rotatable bonds is 1. The Morgan fingerprint density at radius 1 is 1.30 bits per heavy atom. The van der Waals surface area contributed by atoms with Crippen molar-refractivity contribution in [3.8, 4) is 0 Å². The molecule has 1 rings (SSSR count). The third-order valence-corrected chi connectivity index (χ3v) is 13.4. The third-order valence-electron chi connectivity index (χ3n) is 2.41. The minimum atomic E-state index is -0.722. The van der Waals surface area contributed by atoms with E-state index in [0.717, 1.165) is 5.66 Å². The van der Waals surface area contributed by atoms with Gasteiger partial charge in [0, 0.05) is 0 Å². The summed E-state index contributed by atoms with van der Waals surface area (Å²) in [6.07, 6.45) is 4.64. The molecule has 0 radical (unpaired) electrons. The standard InChI is InChI=1S/C8H19PSi/c1-8-6-5-7-9(8)10(2,3)4/h8H,5-7H2,1-4H3/t8-,9+/m0/s1. The number of hydrogen-bond donors (Lipinski definition) is 0. The van der Waals surface area contributed by atoms with Gasteiger partial charge in [-0.25, -0.2) is 0 Å². The molecule has 0 aromatic carbocycles. The molecule has 60 valence electrons. The van der Waals surface area contributed by atoms with Crippen LogP contribution in [0.5, 0.6) is 0 Å². The Morgan fingerprint density at radius 3 is 2.10 bits per heavy atom. The van der Waals surface area contributed by atoms with Crippen LogP contribution in [-0.4, -0.2) is 19.6 Å². The highest BCUT2D eigenvalue weighted by molar-refractivity contribution is 7.95. The molecule has 0 saturated carbocycles. The fourth-order valence-electron chi connectivity index (χ4n) is 1.93. The van der Waals surface area contributed by atoms with Gasteiger partial charge in [0.15, 0.2) is 0 Å². The van der Waals surface area contributed by atoms with E-state index in [1.807, 2.05) is 0 Å². The monoisotopic (exact) mass is 174 g/mol. The molecule has 0 aliphatic carbocycles. The van der Waals surface area contributed by atoms with Crippen LogP contribution in [0.4, 0.5) is 0 Å². The molecular formula is C8H19PSi. The van der Waals surface area contributed by atoms with Crippen LogP contribution in [0, 0.1) is 0 Å². The lowest BCUT2D eigenvalue weighted by Gasteiger charge is -2.29. The molecule has 0 nitrogen and oxygen atoms in total. The van der Waals surface area contributed by atoms with Crippen molar-refractivity contribution in [2.24, 2.45) is 0 Å². The van der Waals surface area contributed by atoms with E-state index in [0.29, 0.717) is 7.47 Å². The highest BCUT2D eigenvalue weighted by atomic mass is 31.4. The largest absolute Gasteiger partial charge is 0.116 e. The van der Waals surface area contributed by atoms with Crippen molar-refractivity contribution in [2.75, 3.05) is 6.16 Å². The molecule has 0 aromatic heterocycles. The Hall–Kier alpha value is 0.647. The van der Waals surface area contributed by atoms with Crippen molar-refractivity contribution in [1.82, 2.24) is 0 Å². The van der Waals surface area contributed by atoms with E-state index < -0.39 is 7.74 Å². The molecule has 2 atom stereocenters. The van der Waals surface area contributed by atoms with E-state index in [1.54, 1.807) is 6.16 Å². The normalized spacial score (nSPS) is 34.8. The van der Waals surface area contributed by atoms with E-state index in [9.17, 15) is 0 Å². The minimum Gasteiger partial charge on any atom is -0.116 e. The highest BCUT2D eigenvalue weighted by Gasteiger charge is 2.33. The van der Waals surface area contributed by atoms with Gasteiger partial charge in [-0.2, -0.15) is 0 Å². The molecule has 2 heteroatoms. The SMILES string of the molecule is C[C@H]1CCC[P@@]1[Si](C)(C)C. The van der Waals surface area contributed by atoms with E-state index in [2.05, 4.69) is 26.6 Å². The number of hydrogen-bond acceptors (Lipinski definition) is 0. The molecule has 0 bridgehead atoms. The maximum atomic E-state index is 2.54. The lowest BCUT2D eigenvalue weighted by atomic mass is 10.3. The average molecular weight is 174 g/mol. The summed E-state index contributed by atoms with van der Waals surface area (Å²) in [5.74, 6) is 0. The maximum absolute atomic E-state index is 2.54. The van der Waals surface area contributed by atoms with Gasteiger partial charge in [0.25, 0.3) is 0 Å². The van der Waals surface area contributed by atoms with Crippen molar-refractivity contribution in [3.05, 3.63) is 0 Å². The van der Waals surface area contributed by atoms with Gasteiger partial charge in [-0.05, 0) is 24.7 Å². The first kappa shape index (κ1) is 8.74. The summed E-state index contributed by atoms with van der Waals surface area (Å²) >= 11 is 0. The molecule has 0 unspecified atom stereocenters. The lowest BCUT2D eigenvalue weighted by Crippen LogP contribution is -2.21. The Morgan fingerprint density at radius 2 is 1.90 bits per heavy atom. The van der Waals surface area contributed by atoms with E-state index in [4.69, 9.17) is 0 Å². The molecule has 0 aromatic rings. The van der Waals surface area contributed by atoms with E-state index in [1.165, 1.54) is 12.8 Å². The first-order chi connectivity index (χ1) is 4.52. The second kappa shape index (κ2) is 2.95. The van der Waals surface area contributed by atoms with Gasteiger partial charge < -0.3 is 0 Å². The fraction of sp³-hybridized carbons (Fsp3) is 1.00. The van der Waals surface area contributed by atoms with Gasteiger partial charge >= 0.3 is 0 Å². The summed E-state index contributed by atoms with van der Waals surface area (Å²) in [4.78, 5) is 0. The van der Waals surface area contributed by atoms with Gasteiger partial charge in [0.05, 0.1) is 7.74 Å². The van der Waals surface area contributed by atoms with Gasteiger partial charge in [0.2, 0.25) is 0 Å². The van der Waals surface area contributed by atoms with Crippen molar-refractivity contribution in [1.29, 1.82) is 0 Å². The average Bonchev–Trinajstić information content (AvgIpc) is 2.11. The Balaban J connectivity index is 2.55. The first-order valence-corrected chi connectivity index (χ1v) is 10.2. The summed E-state index contributed by atoms with van der Waals surface area (Å²) in [6.45, 7) is 10.1. The van der Waals surface area contributed by atoms with Crippen LogP contribution in [0.15, 0.2) is 0 Å². The van der Waals surface area contributed by atoms with Crippen LogP contribution in [0.1, 0.15) is 19.8 Å². The molecule has 1 fully saturated rings. The van der Waals surface area contributed by atoms with E-state index >= 15 is 0 Å². The van der Waals surface area contributed by atoms with E-state index in [-0.39, 0.29) is 0 Å². The summed E-state index contributed by atoms with van der Waals surface area (Å²) in [6, 6.07) is 0. The third kappa shape index (κ3) is 1.82. The Bertz CT molecular complexity index is 117. The van der Waals surface area contributed by atoms with Crippen LogP contribution < -0.4 is 0 Å². The van der Waals surface area contributed by atoms with Gasteiger partial charge in [-0.15, -0.1) is 7.47 Å². The Kier molecular flexibility index (Phi) is 2.58. The zero-order valence-corrected chi connectivity index (χ0v) is 9.54. The Labute approximate surface area is 67.0 Å². The molecule has 1 heterocycles. The summed E-state index contributed by atoms with van der Waals surface area (Å²) in [5, 5.41) is 0. The minimum absolute atomic E-state index is 0.492. The van der Waals surface area contributed by atoms with Crippen LogP contribution in [0.25, 0.3) is 0 Å². The summed E-state index contributed by atoms with van der Waals surface area (Å²) in [5.41, 5.74) is 1.10. The van der Waals surface area contributed by atoms with Gasteiger partial charge in [-0.1, -0.05) is 26.6 Å². The highest BCUT2D eigenvalue weighted by Crippen LogP contribution is 2.56. The topological polar surface area (TPSA) is 0 Å². The molecule has 10 heavy (non-hydrogen) atoms. The maximum Gasteiger partial charge on any atom is 0.0723 e. The molecule has 0 spiro atoms. The predicted molar refractivity (Wildman–Crippen MR) is 53.8 cm³/mol. The van der Waals surface area contributed by atoms with Crippen LogP contribution in [0.3, 0.4) is 0 Å². The fourth-order valence-corrected chi connectivity index (χ4v) is 12.2. The lowest BCUT2D eigenvalue weighted by molar-refractivity contribution is 0.836. The zero-order valence-electron chi connectivity index (χ0n) is 7.65. The second-order valence-corrected chi connectivity index (χ2v) is 16.7. The molecule has 0 N–H and O–H groups in total. The smallest absolute Gasteiger partial charge is 0.0723 e. The summed E-state index contributed by atoms with van der Waals surface area (Å²) in [7, 11) is -0.231. The van der Waals surface area contributed by atoms with Crippen molar-refractivity contribution in [3.63, 3.8) is 0 Å².